The van der Waals surface area contributed by atoms with E-state index >= 15 is 0 Å². The van der Waals surface area contributed by atoms with Crippen LogP contribution < -0.4 is 5.73 Å². The van der Waals surface area contributed by atoms with Gasteiger partial charge >= 0.3 is 0 Å². The maximum atomic E-state index is 5.70. The molecule has 0 amide bonds. The zero-order valence-corrected chi connectivity index (χ0v) is 7.95. The van der Waals surface area contributed by atoms with Gasteiger partial charge in [-0.1, -0.05) is 13.3 Å². The van der Waals surface area contributed by atoms with E-state index in [9.17, 15) is 0 Å². The van der Waals surface area contributed by atoms with E-state index in [2.05, 4.69) is 16.9 Å². The summed E-state index contributed by atoms with van der Waals surface area (Å²) >= 11 is 0. The van der Waals surface area contributed by atoms with Crippen LogP contribution in [0, 0.1) is 0 Å². The summed E-state index contributed by atoms with van der Waals surface area (Å²) < 4.78 is 0. The number of hydrogen-bond donors (Lipinski definition) is 1. The standard InChI is InChI=1S/C10H15N3/c1-2-8-6-9(11)13-10(12-8)7-4-3-5-7/h6-7H,2-5H2,1H3,(H2,11,12,13). The van der Waals surface area contributed by atoms with E-state index in [0.717, 1.165) is 17.9 Å². The minimum Gasteiger partial charge on any atom is -0.384 e. The van der Waals surface area contributed by atoms with Crippen molar-refractivity contribution < 1.29 is 0 Å². The molecular formula is C10H15N3. The highest BCUT2D eigenvalue weighted by Crippen LogP contribution is 2.34. The van der Waals surface area contributed by atoms with Gasteiger partial charge < -0.3 is 5.73 Å². The minimum atomic E-state index is 0.578. The monoisotopic (exact) mass is 177 g/mol. The highest BCUT2D eigenvalue weighted by atomic mass is 15.0. The van der Waals surface area contributed by atoms with E-state index in [0.29, 0.717) is 11.7 Å². The first kappa shape index (κ1) is 8.48. The van der Waals surface area contributed by atoms with Gasteiger partial charge in [-0.25, -0.2) is 9.97 Å². The van der Waals surface area contributed by atoms with Gasteiger partial charge in [0.05, 0.1) is 0 Å². The minimum absolute atomic E-state index is 0.578. The zero-order valence-electron chi connectivity index (χ0n) is 7.95. The van der Waals surface area contributed by atoms with Gasteiger partial charge in [-0.15, -0.1) is 0 Å². The normalized spacial score (nSPS) is 17.0. The average Bonchev–Trinajstić information content (AvgIpc) is 2.00. The van der Waals surface area contributed by atoms with Crippen molar-refractivity contribution in [1.82, 2.24) is 9.97 Å². The summed E-state index contributed by atoms with van der Waals surface area (Å²) in [6.07, 6.45) is 4.70. The average molecular weight is 177 g/mol. The molecule has 1 aromatic rings. The lowest BCUT2D eigenvalue weighted by Gasteiger charge is -2.24. The Bertz CT molecular complexity index is 305. The van der Waals surface area contributed by atoms with Crippen molar-refractivity contribution in [1.29, 1.82) is 0 Å². The molecule has 1 aromatic heterocycles. The fraction of sp³-hybridized carbons (Fsp3) is 0.600. The van der Waals surface area contributed by atoms with Crippen LogP contribution in [0.2, 0.25) is 0 Å². The lowest BCUT2D eigenvalue weighted by Crippen LogP contribution is -2.14. The van der Waals surface area contributed by atoms with Crippen LogP contribution in [0.1, 0.15) is 43.6 Å². The van der Waals surface area contributed by atoms with Crippen LogP contribution >= 0.6 is 0 Å². The third-order valence-corrected chi connectivity index (χ3v) is 2.65. The number of rotatable bonds is 2. The first-order chi connectivity index (χ1) is 6.29. The van der Waals surface area contributed by atoms with Gasteiger partial charge in [-0.2, -0.15) is 0 Å². The number of aryl methyl sites for hydroxylation is 1. The van der Waals surface area contributed by atoms with E-state index in [1.807, 2.05) is 6.07 Å². The second-order valence-corrected chi connectivity index (χ2v) is 3.62. The molecule has 1 saturated carbocycles. The summed E-state index contributed by atoms with van der Waals surface area (Å²) in [6.45, 7) is 2.09. The van der Waals surface area contributed by atoms with Gasteiger partial charge in [0.15, 0.2) is 0 Å². The Hall–Kier alpha value is -1.12. The molecule has 13 heavy (non-hydrogen) atoms. The number of hydrogen-bond acceptors (Lipinski definition) is 3. The maximum absolute atomic E-state index is 5.70. The van der Waals surface area contributed by atoms with Crippen LogP contribution in [0.15, 0.2) is 6.07 Å². The number of nitrogens with two attached hydrogens (primary N) is 1. The largest absolute Gasteiger partial charge is 0.384 e. The summed E-state index contributed by atoms with van der Waals surface area (Å²) in [6, 6.07) is 1.86. The van der Waals surface area contributed by atoms with Crippen LogP contribution in [0.3, 0.4) is 0 Å². The van der Waals surface area contributed by atoms with Crippen LogP contribution in [0.4, 0.5) is 5.82 Å². The Balaban J connectivity index is 2.28. The number of aromatic nitrogens is 2. The lowest BCUT2D eigenvalue weighted by molar-refractivity contribution is 0.401. The molecule has 0 aliphatic heterocycles. The van der Waals surface area contributed by atoms with Gasteiger partial charge in [0.2, 0.25) is 0 Å². The molecule has 70 valence electrons. The molecule has 0 atom stereocenters. The van der Waals surface area contributed by atoms with Crippen molar-refractivity contribution in [3.05, 3.63) is 17.6 Å². The van der Waals surface area contributed by atoms with Crippen LogP contribution in [0.25, 0.3) is 0 Å². The Morgan fingerprint density at radius 1 is 1.46 bits per heavy atom. The fourth-order valence-corrected chi connectivity index (χ4v) is 1.57. The van der Waals surface area contributed by atoms with Gasteiger partial charge in [0, 0.05) is 17.7 Å². The van der Waals surface area contributed by atoms with Crippen molar-refractivity contribution in [2.75, 3.05) is 5.73 Å². The molecule has 2 N–H and O–H groups in total. The van der Waals surface area contributed by atoms with Crippen molar-refractivity contribution in [3.8, 4) is 0 Å². The smallest absolute Gasteiger partial charge is 0.134 e. The van der Waals surface area contributed by atoms with E-state index in [1.54, 1.807) is 0 Å². The topological polar surface area (TPSA) is 51.8 Å². The maximum Gasteiger partial charge on any atom is 0.134 e. The van der Waals surface area contributed by atoms with Crippen LogP contribution in [0.5, 0.6) is 0 Å². The first-order valence-corrected chi connectivity index (χ1v) is 4.93. The summed E-state index contributed by atoms with van der Waals surface area (Å²) in [4.78, 5) is 8.75. The van der Waals surface area contributed by atoms with Gasteiger partial charge in [-0.3, -0.25) is 0 Å². The Kier molecular flexibility index (Phi) is 2.17. The van der Waals surface area contributed by atoms with Crippen molar-refractivity contribution in [2.24, 2.45) is 0 Å². The quantitative estimate of drug-likeness (QED) is 0.750. The molecular weight excluding hydrogens is 162 g/mol. The summed E-state index contributed by atoms with van der Waals surface area (Å²) in [5.74, 6) is 2.16. The Morgan fingerprint density at radius 3 is 2.77 bits per heavy atom. The Labute approximate surface area is 78.4 Å². The molecule has 3 heteroatoms. The summed E-state index contributed by atoms with van der Waals surface area (Å²) in [5.41, 5.74) is 6.76. The lowest BCUT2D eigenvalue weighted by atomic mass is 9.85. The second-order valence-electron chi connectivity index (χ2n) is 3.62. The summed E-state index contributed by atoms with van der Waals surface area (Å²) in [7, 11) is 0. The molecule has 0 saturated heterocycles. The molecule has 0 aromatic carbocycles. The van der Waals surface area contributed by atoms with E-state index < -0.39 is 0 Å². The van der Waals surface area contributed by atoms with E-state index in [4.69, 9.17) is 5.73 Å². The van der Waals surface area contributed by atoms with E-state index in [1.165, 1.54) is 19.3 Å². The first-order valence-electron chi connectivity index (χ1n) is 4.93. The predicted octanol–water partition coefficient (Wildman–Crippen LogP) is 1.89. The third-order valence-electron chi connectivity index (χ3n) is 2.65. The third kappa shape index (κ3) is 1.64. The summed E-state index contributed by atoms with van der Waals surface area (Å²) in [5, 5.41) is 0. The van der Waals surface area contributed by atoms with Gasteiger partial charge in [0.25, 0.3) is 0 Å². The molecule has 0 radical (unpaired) electrons. The molecule has 0 bridgehead atoms. The Morgan fingerprint density at radius 2 is 2.23 bits per heavy atom. The van der Waals surface area contributed by atoms with E-state index in [-0.39, 0.29) is 0 Å². The molecule has 3 nitrogen and oxygen atoms in total. The van der Waals surface area contributed by atoms with Crippen molar-refractivity contribution >= 4 is 5.82 Å². The number of anilines is 1. The van der Waals surface area contributed by atoms with Crippen LogP contribution in [-0.4, -0.2) is 9.97 Å². The zero-order chi connectivity index (χ0) is 9.26. The molecule has 0 unspecified atom stereocenters. The van der Waals surface area contributed by atoms with Crippen molar-refractivity contribution in [2.45, 2.75) is 38.5 Å². The number of nitrogens with zero attached hydrogens (tertiary/aromatic N) is 2. The number of nitrogen functional groups attached to an aromatic ring is 1. The molecule has 1 aliphatic carbocycles. The van der Waals surface area contributed by atoms with Crippen LogP contribution in [-0.2, 0) is 6.42 Å². The molecule has 1 fully saturated rings. The SMILES string of the molecule is CCc1cc(N)nc(C2CCC2)n1. The van der Waals surface area contributed by atoms with Gasteiger partial charge in [0.1, 0.15) is 11.6 Å². The molecule has 1 heterocycles. The molecule has 0 spiro atoms. The highest BCUT2D eigenvalue weighted by Gasteiger charge is 2.22. The molecule has 1 aliphatic rings. The molecule has 2 rings (SSSR count). The van der Waals surface area contributed by atoms with Gasteiger partial charge in [-0.05, 0) is 19.3 Å². The fourth-order valence-electron chi connectivity index (χ4n) is 1.57. The highest BCUT2D eigenvalue weighted by molar-refractivity contribution is 5.30. The predicted molar refractivity (Wildman–Crippen MR) is 52.4 cm³/mol. The van der Waals surface area contributed by atoms with Crippen molar-refractivity contribution in [3.63, 3.8) is 0 Å². The second kappa shape index (κ2) is 3.32.